The van der Waals surface area contributed by atoms with Gasteiger partial charge in [0.05, 0.1) is 0 Å². The van der Waals surface area contributed by atoms with Crippen LogP contribution in [0.4, 0.5) is 0 Å². The van der Waals surface area contributed by atoms with Gasteiger partial charge in [0.2, 0.25) is 0 Å². The second-order valence-corrected chi connectivity index (χ2v) is 4.30. The van der Waals surface area contributed by atoms with Gasteiger partial charge >= 0.3 is 0 Å². The van der Waals surface area contributed by atoms with Gasteiger partial charge in [-0.25, -0.2) is 0 Å². The number of unbranched alkanes of at least 4 members (excludes halogenated alkanes) is 1. The van der Waals surface area contributed by atoms with E-state index in [9.17, 15) is 0 Å². The van der Waals surface area contributed by atoms with Crippen LogP contribution in [0.5, 0.6) is 0 Å². The summed E-state index contributed by atoms with van der Waals surface area (Å²) in [6.45, 7) is 5.33. The summed E-state index contributed by atoms with van der Waals surface area (Å²) in [5, 5.41) is 0. The normalized spacial score (nSPS) is 12.7. The third-order valence-corrected chi connectivity index (χ3v) is 3.08. The van der Waals surface area contributed by atoms with E-state index >= 15 is 0 Å². The molecule has 0 aliphatic carbocycles. The molecule has 2 N–H and O–H groups in total. The summed E-state index contributed by atoms with van der Waals surface area (Å²) < 4.78 is 0. The Hall–Kier alpha value is -0.820. The van der Waals surface area contributed by atoms with E-state index in [-0.39, 0.29) is 0 Å². The van der Waals surface area contributed by atoms with Crippen molar-refractivity contribution in [2.75, 3.05) is 6.54 Å². The molecule has 0 saturated carbocycles. The number of nitrogens with two attached hydrogens (primary N) is 1. The molecule has 0 aromatic heterocycles. The second kappa shape index (κ2) is 6.62. The Kier molecular flexibility index (Phi) is 5.41. The molecular weight excluding hydrogens is 182 g/mol. The zero-order valence-electron chi connectivity index (χ0n) is 10.00. The first-order valence-electron chi connectivity index (χ1n) is 6.06. The van der Waals surface area contributed by atoms with Crippen molar-refractivity contribution in [3.05, 3.63) is 35.4 Å². The van der Waals surface area contributed by atoms with E-state index in [0.717, 1.165) is 19.4 Å². The van der Waals surface area contributed by atoms with Gasteiger partial charge in [0, 0.05) is 0 Å². The molecule has 1 nitrogen and oxygen atoms in total. The minimum atomic E-state index is 0.683. The lowest BCUT2D eigenvalue weighted by atomic mass is 9.96. The number of hydrogen-bond acceptors (Lipinski definition) is 1. The molecule has 15 heavy (non-hydrogen) atoms. The van der Waals surface area contributed by atoms with Gasteiger partial charge in [-0.1, -0.05) is 38.1 Å². The highest BCUT2D eigenvalue weighted by Gasteiger charge is 2.01. The van der Waals surface area contributed by atoms with Crippen LogP contribution in [0, 0.1) is 0 Å². The van der Waals surface area contributed by atoms with Gasteiger partial charge in [0.1, 0.15) is 0 Å². The molecule has 0 aliphatic rings. The molecule has 1 rings (SSSR count). The van der Waals surface area contributed by atoms with Crippen molar-refractivity contribution in [2.24, 2.45) is 5.73 Å². The first-order chi connectivity index (χ1) is 7.27. The number of rotatable bonds is 6. The fourth-order valence-electron chi connectivity index (χ4n) is 1.72. The van der Waals surface area contributed by atoms with E-state index < -0.39 is 0 Å². The van der Waals surface area contributed by atoms with Crippen LogP contribution < -0.4 is 5.73 Å². The average molecular weight is 205 g/mol. The van der Waals surface area contributed by atoms with Gasteiger partial charge in [0.25, 0.3) is 0 Å². The van der Waals surface area contributed by atoms with Crippen LogP contribution >= 0.6 is 0 Å². The molecule has 1 atom stereocenters. The smallest absolute Gasteiger partial charge is 0.00772 e. The van der Waals surface area contributed by atoms with Gasteiger partial charge in [-0.15, -0.1) is 0 Å². The molecule has 0 fully saturated rings. The Labute approximate surface area is 93.7 Å². The number of aryl methyl sites for hydroxylation is 1. The molecule has 0 aliphatic heterocycles. The molecule has 0 saturated heterocycles. The SMILES string of the molecule is CCC(C)c1ccc(CCCCN)cc1. The molecule has 84 valence electrons. The minimum absolute atomic E-state index is 0.683. The van der Waals surface area contributed by atoms with E-state index in [4.69, 9.17) is 5.73 Å². The van der Waals surface area contributed by atoms with Gasteiger partial charge in [-0.2, -0.15) is 0 Å². The van der Waals surface area contributed by atoms with Crippen LogP contribution in [-0.4, -0.2) is 6.54 Å². The molecule has 0 spiro atoms. The van der Waals surface area contributed by atoms with Gasteiger partial charge in [0.15, 0.2) is 0 Å². The maximum absolute atomic E-state index is 5.47. The fourth-order valence-corrected chi connectivity index (χ4v) is 1.72. The predicted molar refractivity (Wildman–Crippen MR) is 67.1 cm³/mol. The van der Waals surface area contributed by atoms with Crippen molar-refractivity contribution in [3.63, 3.8) is 0 Å². The molecule has 0 amide bonds. The number of hydrogen-bond donors (Lipinski definition) is 1. The Morgan fingerprint density at radius 1 is 1.13 bits per heavy atom. The lowest BCUT2D eigenvalue weighted by Crippen LogP contribution is -1.99. The van der Waals surface area contributed by atoms with Gasteiger partial charge in [-0.05, 0) is 49.3 Å². The highest BCUT2D eigenvalue weighted by molar-refractivity contribution is 5.25. The topological polar surface area (TPSA) is 26.0 Å². The van der Waals surface area contributed by atoms with Crippen molar-refractivity contribution in [2.45, 2.75) is 45.4 Å². The van der Waals surface area contributed by atoms with Crippen molar-refractivity contribution in [1.82, 2.24) is 0 Å². The van der Waals surface area contributed by atoms with E-state index in [2.05, 4.69) is 38.1 Å². The zero-order chi connectivity index (χ0) is 11.1. The first kappa shape index (κ1) is 12.3. The summed E-state index contributed by atoms with van der Waals surface area (Å²) in [7, 11) is 0. The van der Waals surface area contributed by atoms with Crippen molar-refractivity contribution < 1.29 is 0 Å². The van der Waals surface area contributed by atoms with Crippen LogP contribution in [0.25, 0.3) is 0 Å². The van der Waals surface area contributed by atoms with Crippen molar-refractivity contribution in [1.29, 1.82) is 0 Å². The quantitative estimate of drug-likeness (QED) is 0.707. The largest absolute Gasteiger partial charge is 0.330 e. The van der Waals surface area contributed by atoms with Crippen molar-refractivity contribution >= 4 is 0 Å². The molecule has 0 heterocycles. The Morgan fingerprint density at radius 2 is 1.80 bits per heavy atom. The third-order valence-electron chi connectivity index (χ3n) is 3.08. The third kappa shape index (κ3) is 4.05. The van der Waals surface area contributed by atoms with E-state index in [1.807, 2.05) is 0 Å². The molecule has 1 unspecified atom stereocenters. The maximum atomic E-state index is 5.47. The highest BCUT2D eigenvalue weighted by Crippen LogP contribution is 2.19. The van der Waals surface area contributed by atoms with E-state index in [0.29, 0.717) is 5.92 Å². The van der Waals surface area contributed by atoms with Crippen LogP contribution in [0.1, 0.15) is 50.2 Å². The maximum Gasteiger partial charge on any atom is -0.00772 e. The highest BCUT2D eigenvalue weighted by atomic mass is 14.5. The Bertz CT molecular complexity index is 263. The van der Waals surface area contributed by atoms with Gasteiger partial charge < -0.3 is 5.73 Å². The second-order valence-electron chi connectivity index (χ2n) is 4.30. The summed E-state index contributed by atoms with van der Waals surface area (Å²) in [4.78, 5) is 0. The summed E-state index contributed by atoms with van der Waals surface area (Å²) in [6.07, 6.45) is 4.72. The summed E-state index contributed by atoms with van der Waals surface area (Å²) >= 11 is 0. The summed E-state index contributed by atoms with van der Waals surface area (Å²) in [6, 6.07) is 9.06. The zero-order valence-corrected chi connectivity index (χ0v) is 10.00. The fraction of sp³-hybridized carbons (Fsp3) is 0.571. The molecular formula is C14H23N. The van der Waals surface area contributed by atoms with Gasteiger partial charge in [-0.3, -0.25) is 0 Å². The monoisotopic (exact) mass is 205 g/mol. The minimum Gasteiger partial charge on any atom is -0.330 e. The summed E-state index contributed by atoms with van der Waals surface area (Å²) in [5.74, 6) is 0.683. The van der Waals surface area contributed by atoms with E-state index in [1.54, 1.807) is 0 Å². The van der Waals surface area contributed by atoms with Crippen molar-refractivity contribution in [3.8, 4) is 0 Å². The van der Waals surface area contributed by atoms with Crippen LogP contribution in [0.3, 0.4) is 0 Å². The molecule has 0 radical (unpaired) electrons. The lowest BCUT2D eigenvalue weighted by Gasteiger charge is -2.09. The first-order valence-corrected chi connectivity index (χ1v) is 6.06. The van der Waals surface area contributed by atoms with Crippen LogP contribution in [0.2, 0.25) is 0 Å². The molecule has 0 bridgehead atoms. The average Bonchev–Trinajstić information content (AvgIpc) is 2.29. The standard InChI is InChI=1S/C14H23N/c1-3-12(2)14-9-7-13(8-10-14)6-4-5-11-15/h7-10,12H,3-6,11,15H2,1-2H3. The van der Waals surface area contributed by atoms with E-state index in [1.165, 1.54) is 24.0 Å². The number of benzene rings is 1. The predicted octanol–water partition coefficient (Wildman–Crippen LogP) is 3.48. The van der Waals surface area contributed by atoms with Crippen LogP contribution in [0.15, 0.2) is 24.3 Å². The Balaban J connectivity index is 2.49. The Morgan fingerprint density at radius 3 is 2.33 bits per heavy atom. The molecule has 1 heteroatoms. The molecule has 1 aromatic rings. The lowest BCUT2D eigenvalue weighted by molar-refractivity contribution is 0.728. The van der Waals surface area contributed by atoms with Crippen LogP contribution in [-0.2, 0) is 6.42 Å². The summed E-state index contributed by atoms with van der Waals surface area (Å²) in [5.41, 5.74) is 8.37. The molecule has 1 aromatic carbocycles.